The van der Waals surface area contributed by atoms with Gasteiger partial charge >= 0.3 is 5.91 Å². The molecular formula is C7H5NO2. The van der Waals surface area contributed by atoms with Crippen LogP contribution < -0.4 is 0 Å². The number of nitroso groups, excluding NO2 is 1. The fraction of sp³-hybridized carbons (Fsp3) is 0. The van der Waals surface area contributed by atoms with E-state index in [2.05, 4.69) is 5.18 Å². The van der Waals surface area contributed by atoms with Gasteiger partial charge in [-0.05, 0) is 12.1 Å². The Morgan fingerprint density at radius 2 is 1.80 bits per heavy atom. The van der Waals surface area contributed by atoms with Crippen molar-refractivity contribution in [3.05, 3.63) is 40.8 Å². The van der Waals surface area contributed by atoms with Crippen LogP contribution in [-0.4, -0.2) is 5.91 Å². The lowest BCUT2D eigenvalue weighted by Gasteiger charge is -1.87. The predicted octanol–water partition coefficient (Wildman–Crippen LogP) is 1.59. The Bertz CT molecular complexity index is 243. The summed E-state index contributed by atoms with van der Waals surface area (Å²) in [7, 11) is 0. The zero-order chi connectivity index (χ0) is 7.40. The molecule has 10 heavy (non-hydrogen) atoms. The van der Waals surface area contributed by atoms with E-state index in [-0.39, 0.29) is 0 Å². The maximum Gasteiger partial charge on any atom is 0.316 e. The topological polar surface area (TPSA) is 46.5 Å². The zero-order valence-corrected chi connectivity index (χ0v) is 5.15. The van der Waals surface area contributed by atoms with Crippen LogP contribution in [-0.2, 0) is 0 Å². The molecule has 0 aliphatic carbocycles. The van der Waals surface area contributed by atoms with Gasteiger partial charge in [0.2, 0.25) is 0 Å². The van der Waals surface area contributed by atoms with Crippen molar-refractivity contribution in [1.29, 1.82) is 0 Å². The van der Waals surface area contributed by atoms with E-state index in [1.165, 1.54) is 0 Å². The Hall–Kier alpha value is -1.51. The van der Waals surface area contributed by atoms with Gasteiger partial charge in [0.05, 0.1) is 0 Å². The second-order valence-corrected chi connectivity index (χ2v) is 1.76. The van der Waals surface area contributed by atoms with E-state index in [4.69, 9.17) is 0 Å². The Morgan fingerprint density at radius 1 is 1.20 bits per heavy atom. The normalized spacial score (nSPS) is 8.80. The standard InChI is InChI=1S/C7H5NO2/c9-7(8-10)6-4-2-1-3-5-6/h1-5H. The molecule has 0 unspecified atom stereocenters. The van der Waals surface area contributed by atoms with Gasteiger partial charge in [-0.1, -0.05) is 18.2 Å². The van der Waals surface area contributed by atoms with E-state index >= 15 is 0 Å². The summed E-state index contributed by atoms with van der Waals surface area (Å²) in [5.74, 6) is -0.722. The number of amides is 1. The summed E-state index contributed by atoms with van der Waals surface area (Å²) in [5.41, 5.74) is 0.331. The molecule has 0 saturated heterocycles. The Morgan fingerprint density at radius 3 is 2.30 bits per heavy atom. The van der Waals surface area contributed by atoms with E-state index < -0.39 is 5.91 Å². The Balaban J connectivity index is 2.95. The number of carbonyl (C=O) groups excluding carboxylic acids is 1. The quantitative estimate of drug-likeness (QED) is 0.549. The number of carbonyl (C=O) groups is 1. The predicted molar refractivity (Wildman–Crippen MR) is 36.6 cm³/mol. The van der Waals surface area contributed by atoms with Crippen LogP contribution in [0.2, 0.25) is 0 Å². The Labute approximate surface area is 57.7 Å². The zero-order valence-electron chi connectivity index (χ0n) is 5.15. The van der Waals surface area contributed by atoms with Crippen molar-refractivity contribution in [2.75, 3.05) is 0 Å². The summed E-state index contributed by atoms with van der Waals surface area (Å²) >= 11 is 0. The first kappa shape index (κ1) is 6.61. The van der Waals surface area contributed by atoms with E-state index in [1.807, 2.05) is 0 Å². The molecule has 3 heteroatoms. The van der Waals surface area contributed by atoms with Gasteiger partial charge in [-0.25, -0.2) is 0 Å². The molecule has 3 nitrogen and oxygen atoms in total. The van der Waals surface area contributed by atoms with Crippen LogP contribution in [0.25, 0.3) is 0 Å². The number of nitrogens with zero attached hydrogens (tertiary/aromatic N) is 1. The minimum absolute atomic E-state index is 0.331. The fourth-order valence-electron chi connectivity index (χ4n) is 0.633. The van der Waals surface area contributed by atoms with E-state index in [9.17, 15) is 9.70 Å². The lowest BCUT2D eigenvalue weighted by atomic mass is 10.2. The molecule has 0 spiro atoms. The highest BCUT2D eigenvalue weighted by molar-refractivity contribution is 5.94. The minimum atomic E-state index is -0.722. The minimum Gasteiger partial charge on any atom is -0.263 e. The summed E-state index contributed by atoms with van der Waals surface area (Å²) in [4.78, 5) is 20.2. The maximum absolute atomic E-state index is 10.5. The van der Waals surface area contributed by atoms with Crippen molar-refractivity contribution >= 4 is 5.91 Å². The third-order valence-electron chi connectivity index (χ3n) is 1.10. The molecule has 0 radical (unpaired) electrons. The smallest absolute Gasteiger partial charge is 0.263 e. The summed E-state index contributed by atoms with van der Waals surface area (Å²) in [6, 6.07) is 8.21. The van der Waals surface area contributed by atoms with Gasteiger partial charge in [-0.3, -0.25) is 4.79 Å². The average molecular weight is 135 g/mol. The monoisotopic (exact) mass is 135 g/mol. The second-order valence-electron chi connectivity index (χ2n) is 1.76. The van der Waals surface area contributed by atoms with Crippen LogP contribution in [0.15, 0.2) is 35.5 Å². The van der Waals surface area contributed by atoms with Gasteiger partial charge in [0.15, 0.2) is 0 Å². The van der Waals surface area contributed by atoms with Gasteiger partial charge in [-0.2, -0.15) is 0 Å². The maximum atomic E-state index is 10.5. The molecular weight excluding hydrogens is 130 g/mol. The molecule has 0 saturated carbocycles. The molecule has 0 aliphatic rings. The van der Waals surface area contributed by atoms with Gasteiger partial charge in [-0.15, -0.1) is 4.91 Å². The summed E-state index contributed by atoms with van der Waals surface area (Å²) < 4.78 is 0. The first-order chi connectivity index (χ1) is 4.84. The molecule has 0 N–H and O–H groups in total. The number of hydrogen-bond acceptors (Lipinski definition) is 2. The van der Waals surface area contributed by atoms with Crippen molar-refractivity contribution in [1.82, 2.24) is 0 Å². The van der Waals surface area contributed by atoms with Gasteiger partial charge in [0, 0.05) is 10.7 Å². The van der Waals surface area contributed by atoms with E-state index in [0.717, 1.165) is 0 Å². The van der Waals surface area contributed by atoms with Crippen LogP contribution in [0, 0.1) is 4.91 Å². The number of benzene rings is 1. The molecule has 0 bridgehead atoms. The molecule has 0 fully saturated rings. The molecule has 50 valence electrons. The number of rotatable bonds is 1. The van der Waals surface area contributed by atoms with Crippen molar-refractivity contribution in [3.63, 3.8) is 0 Å². The van der Waals surface area contributed by atoms with Crippen molar-refractivity contribution in [2.24, 2.45) is 5.18 Å². The molecule has 0 aliphatic heterocycles. The number of hydrogen-bond donors (Lipinski definition) is 0. The molecule has 1 amide bonds. The first-order valence-electron chi connectivity index (χ1n) is 2.77. The van der Waals surface area contributed by atoms with Crippen LogP contribution in [0.3, 0.4) is 0 Å². The first-order valence-corrected chi connectivity index (χ1v) is 2.77. The molecule has 1 aromatic carbocycles. The fourth-order valence-corrected chi connectivity index (χ4v) is 0.633. The molecule has 0 atom stereocenters. The highest BCUT2D eigenvalue weighted by Gasteiger charge is 2.01. The van der Waals surface area contributed by atoms with Crippen molar-refractivity contribution in [2.45, 2.75) is 0 Å². The average Bonchev–Trinajstić information content (AvgIpc) is 2.05. The second kappa shape index (κ2) is 2.87. The highest BCUT2D eigenvalue weighted by Crippen LogP contribution is 1.99. The van der Waals surface area contributed by atoms with Crippen molar-refractivity contribution < 1.29 is 4.79 Å². The third-order valence-corrected chi connectivity index (χ3v) is 1.10. The lowest BCUT2D eigenvalue weighted by molar-refractivity contribution is 0.100. The van der Waals surface area contributed by atoms with E-state index in [1.54, 1.807) is 30.3 Å². The van der Waals surface area contributed by atoms with Crippen LogP contribution >= 0.6 is 0 Å². The molecule has 1 rings (SSSR count). The van der Waals surface area contributed by atoms with Crippen molar-refractivity contribution in [3.8, 4) is 0 Å². The van der Waals surface area contributed by atoms with Crippen LogP contribution in [0.5, 0.6) is 0 Å². The lowest BCUT2D eigenvalue weighted by Crippen LogP contribution is -1.90. The molecule has 1 aromatic rings. The Kier molecular flexibility index (Phi) is 1.89. The molecule has 0 aromatic heterocycles. The van der Waals surface area contributed by atoms with Crippen LogP contribution in [0.4, 0.5) is 0 Å². The van der Waals surface area contributed by atoms with Gasteiger partial charge in [0.1, 0.15) is 0 Å². The summed E-state index contributed by atoms with van der Waals surface area (Å²) in [6.07, 6.45) is 0. The highest BCUT2D eigenvalue weighted by atomic mass is 16.3. The largest absolute Gasteiger partial charge is 0.316 e. The SMILES string of the molecule is O=NC(=O)c1ccccc1. The van der Waals surface area contributed by atoms with Crippen LogP contribution in [0.1, 0.15) is 10.4 Å². The van der Waals surface area contributed by atoms with Gasteiger partial charge in [0.25, 0.3) is 0 Å². The van der Waals surface area contributed by atoms with Gasteiger partial charge < -0.3 is 0 Å². The molecule has 0 heterocycles. The third kappa shape index (κ3) is 1.25. The summed E-state index contributed by atoms with van der Waals surface area (Å²) in [6.45, 7) is 0. The van der Waals surface area contributed by atoms with E-state index in [0.29, 0.717) is 5.56 Å². The summed E-state index contributed by atoms with van der Waals surface area (Å²) in [5, 5.41) is 2.27.